The van der Waals surface area contributed by atoms with Crippen LogP contribution in [0.5, 0.6) is 0 Å². The minimum Gasteiger partial charge on any atom is -0.453 e. The second-order valence-electron chi connectivity index (χ2n) is 6.77. The van der Waals surface area contributed by atoms with E-state index in [2.05, 4.69) is 15.3 Å². The summed E-state index contributed by atoms with van der Waals surface area (Å²) in [6, 6.07) is 6.43. The van der Waals surface area contributed by atoms with Gasteiger partial charge < -0.3 is 15.0 Å². The largest absolute Gasteiger partial charge is 0.453 e. The van der Waals surface area contributed by atoms with E-state index in [1.54, 1.807) is 24.3 Å². The number of aromatic amines is 1. The van der Waals surface area contributed by atoms with Crippen LogP contribution in [0.3, 0.4) is 0 Å². The number of hydrogen-bond acceptors (Lipinski definition) is 7. The Morgan fingerprint density at radius 1 is 1.36 bits per heavy atom. The summed E-state index contributed by atoms with van der Waals surface area (Å²) in [5.74, 6) is -0.845. The van der Waals surface area contributed by atoms with E-state index in [0.29, 0.717) is 23.1 Å². The lowest BCUT2D eigenvalue weighted by atomic mass is 10.2. The van der Waals surface area contributed by atoms with E-state index >= 15 is 0 Å². The molecule has 0 bridgehead atoms. The number of para-hydroxylation sites is 1. The van der Waals surface area contributed by atoms with Gasteiger partial charge in [0, 0.05) is 12.5 Å². The van der Waals surface area contributed by atoms with Crippen LogP contribution in [0.25, 0.3) is 10.9 Å². The van der Waals surface area contributed by atoms with E-state index in [1.807, 2.05) is 0 Å². The van der Waals surface area contributed by atoms with Gasteiger partial charge in [0.15, 0.2) is 15.9 Å². The van der Waals surface area contributed by atoms with Gasteiger partial charge in [0.25, 0.3) is 11.5 Å². The molecule has 3 rings (SSSR count). The molecule has 1 aliphatic rings. The molecular weight excluding hydrogens is 386 g/mol. The van der Waals surface area contributed by atoms with Gasteiger partial charge in [0.2, 0.25) is 0 Å². The van der Waals surface area contributed by atoms with E-state index in [1.165, 1.54) is 6.92 Å². The average Bonchev–Trinajstić information content (AvgIpc) is 2.98. The number of carbonyl (C=O) groups is 2. The van der Waals surface area contributed by atoms with Crippen LogP contribution in [0.1, 0.15) is 25.6 Å². The second-order valence-corrected chi connectivity index (χ2v) is 9.00. The lowest BCUT2D eigenvalue weighted by Crippen LogP contribution is -2.42. The number of benzene rings is 1. The van der Waals surface area contributed by atoms with Crippen LogP contribution in [0.4, 0.5) is 0 Å². The van der Waals surface area contributed by atoms with Gasteiger partial charge in [0.05, 0.1) is 28.8 Å². The molecule has 2 aromatic rings. The first kappa shape index (κ1) is 20.0. The lowest BCUT2D eigenvalue weighted by molar-refractivity contribution is -0.155. The van der Waals surface area contributed by atoms with Crippen molar-refractivity contribution < 1.29 is 22.7 Å². The number of esters is 1. The van der Waals surface area contributed by atoms with Gasteiger partial charge in [-0.3, -0.25) is 14.4 Å². The Morgan fingerprint density at radius 3 is 2.82 bits per heavy atom. The summed E-state index contributed by atoms with van der Waals surface area (Å²) in [5, 5.41) is 3.05. The second kappa shape index (κ2) is 8.09. The van der Waals surface area contributed by atoms with Crippen LogP contribution < -0.4 is 10.9 Å². The molecule has 1 fully saturated rings. The summed E-state index contributed by atoms with van der Waals surface area (Å²) >= 11 is 0. The molecule has 10 heteroatoms. The summed E-state index contributed by atoms with van der Waals surface area (Å²) in [4.78, 5) is 43.0. The average molecular weight is 407 g/mol. The first-order valence-electron chi connectivity index (χ1n) is 8.92. The molecule has 0 radical (unpaired) electrons. The third-order valence-electron chi connectivity index (χ3n) is 4.48. The number of hydrogen-bond donors (Lipinski definition) is 2. The highest BCUT2D eigenvalue weighted by molar-refractivity contribution is 7.91. The molecule has 2 N–H and O–H groups in total. The Hall–Kier alpha value is -2.75. The third kappa shape index (κ3) is 4.94. The van der Waals surface area contributed by atoms with Gasteiger partial charge in [-0.05, 0) is 25.5 Å². The van der Waals surface area contributed by atoms with Crippen LogP contribution in [0, 0.1) is 0 Å². The Kier molecular flexibility index (Phi) is 5.78. The minimum absolute atomic E-state index is 0.0447. The zero-order chi connectivity index (χ0) is 20.3. The molecule has 28 heavy (non-hydrogen) atoms. The number of carbonyl (C=O) groups excluding carboxylic acids is 2. The van der Waals surface area contributed by atoms with E-state index in [4.69, 9.17) is 4.74 Å². The zero-order valence-electron chi connectivity index (χ0n) is 15.3. The molecule has 0 unspecified atom stereocenters. The summed E-state index contributed by atoms with van der Waals surface area (Å²) in [6.07, 6.45) is -0.583. The molecule has 0 spiro atoms. The molecule has 1 aromatic carbocycles. The Labute approximate surface area is 161 Å². The van der Waals surface area contributed by atoms with Crippen molar-refractivity contribution in [2.45, 2.75) is 38.3 Å². The van der Waals surface area contributed by atoms with Crippen LogP contribution in [0.15, 0.2) is 29.1 Å². The highest BCUT2D eigenvalue weighted by Crippen LogP contribution is 2.12. The number of nitrogens with one attached hydrogen (secondary N) is 2. The highest BCUT2D eigenvalue weighted by atomic mass is 32.2. The van der Waals surface area contributed by atoms with Crippen LogP contribution >= 0.6 is 0 Å². The molecule has 150 valence electrons. The van der Waals surface area contributed by atoms with Crippen molar-refractivity contribution >= 4 is 32.6 Å². The van der Waals surface area contributed by atoms with Crippen molar-refractivity contribution in [3.8, 4) is 0 Å². The SMILES string of the molecule is C[C@@H](OC(=O)CCc1nc2ccccc2c(=O)[nH]1)C(=O)N[C@H]1CCS(=O)(=O)C1. The van der Waals surface area contributed by atoms with E-state index in [9.17, 15) is 22.8 Å². The monoisotopic (exact) mass is 407 g/mol. The molecule has 1 saturated heterocycles. The van der Waals surface area contributed by atoms with Crippen molar-refractivity contribution in [3.63, 3.8) is 0 Å². The molecule has 0 saturated carbocycles. The third-order valence-corrected chi connectivity index (χ3v) is 6.25. The van der Waals surface area contributed by atoms with Crippen LogP contribution in [0.2, 0.25) is 0 Å². The van der Waals surface area contributed by atoms with Crippen molar-refractivity contribution in [2.24, 2.45) is 0 Å². The standard InChI is InChI=1S/C18H21N3O6S/c1-11(17(23)19-12-8-9-28(25,26)10-12)27-16(22)7-6-15-20-14-5-3-2-4-13(14)18(24)21-15/h2-5,11-12H,6-10H2,1H3,(H,19,23)(H,20,21,24)/t11-,12+/m1/s1. The molecular formula is C18H21N3O6S. The number of H-pyrrole nitrogens is 1. The number of ether oxygens (including phenoxy) is 1. The Morgan fingerprint density at radius 2 is 2.11 bits per heavy atom. The number of aryl methyl sites for hydroxylation is 1. The maximum atomic E-state index is 12.1. The zero-order valence-corrected chi connectivity index (χ0v) is 16.1. The molecule has 2 heterocycles. The number of rotatable bonds is 6. The van der Waals surface area contributed by atoms with Crippen LogP contribution in [-0.4, -0.2) is 53.9 Å². The summed E-state index contributed by atoms with van der Waals surface area (Å²) < 4.78 is 27.9. The first-order chi connectivity index (χ1) is 13.2. The topological polar surface area (TPSA) is 135 Å². The lowest BCUT2D eigenvalue weighted by Gasteiger charge is -2.16. The fourth-order valence-electron chi connectivity index (χ4n) is 3.01. The fourth-order valence-corrected chi connectivity index (χ4v) is 4.68. The summed E-state index contributed by atoms with van der Waals surface area (Å²) in [5.41, 5.74) is 0.252. The fraction of sp³-hybridized carbons (Fsp3) is 0.444. The first-order valence-corrected chi connectivity index (χ1v) is 10.7. The molecule has 1 amide bonds. The molecule has 0 aliphatic carbocycles. The minimum atomic E-state index is -3.11. The van der Waals surface area contributed by atoms with Gasteiger partial charge in [-0.15, -0.1) is 0 Å². The van der Waals surface area contributed by atoms with Gasteiger partial charge in [-0.25, -0.2) is 13.4 Å². The molecule has 1 aromatic heterocycles. The molecule has 9 nitrogen and oxygen atoms in total. The van der Waals surface area contributed by atoms with E-state index in [-0.39, 0.29) is 29.9 Å². The Bertz CT molecular complexity index is 1060. The number of amides is 1. The van der Waals surface area contributed by atoms with Gasteiger partial charge in [0.1, 0.15) is 5.82 Å². The quantitative estimate of drug-likeness (QED) is 0.648. The summed E-state index contributed by atoms with van der Waals surface area (Å²) in [6.45, 7) is 1.42. The predicted octanol–water partition coefficient (Wildman–Crippen LogP) is 0.0907. The number of fused-ring (bicyclic) bond motifs is 1. The van der Waals surface area contributed by atoms with E-state index < -0.39 is 33.9 Å². The smallest absolute Gasteiger partial charge is 0.307 e. The summed E-state index contributed by atoms with van der Waals surface area (Å²) in [7, 11) is -3.11. The Balaban J connectivity index is 1.51. The predicted molar refractivity (Wildman–Crippen MR) is 101 cm³/mol. The van der Waals surface area contributed by atoms with Crippen molar-refractivity contribution in [1.82, 2.24) is 15.3 Å². The van der Waals surface area contributed by atoms with Gasteiger partial charge in [-0.1, -0.05) is 12.1 Å². The highest BCUT2D eigenvalue weighted by Gasteiger charge is 2.30. The van der Waals surface area contributed by atoms with Gasteiger partial charge in [-0.2, -0.15) is 0 Å². The maximum Gasteiger partial charge on any atom is 0.307 e. The number of sulfone groups is 1. The number of aromatic nitrogens is 2. The molecule has 1 aliphatic heterocycles. The van der Waals surface area contributed by atoms with Crippen molar-refractivity contribution in [1.29, 1.82) is 0 Å². The van der Waals surface area contributed by atoms with Crippen LogP contribution in [-0.2, 0) is 30.6 Å². The number of nitrogens with zero attached hydrogens (tertiary/aromatic N) is 1. The maximum absolute atomic E-state index is 12.1. The normalized spacial score (nSPS) is 19.2. The molecule has 2 atom stereocenters. The van der Waals surface area contributed by atoms with E-state index in [0.717, 1.165) is 0 Å². The van der Waals surface area contributed by atoms with Crippen molar-refractivity contribution in [3.05, 3.63) is 40.4 Å². The van der Waals surface area contributed by atoms with Crippen molar-refractivity contribution in [2.75, 3.05) is 11.5 Å². The van der Waals surface area contributed by atoms with Gasteiger partial charge >= 0.3 is 5.97 Å².